The molecule has 5 rings (SSSR count). The molecule has 2 fully saturated rings. The van der Waals surface area contributed by atoms with E-state index in [2.05, 4.69) is 25.3 Å². The van der Waals surface area contributed by atoms with Crippen LogP contribution in [0.1, 0.15) is 50.9 Å². The molecule has 7 nitrogen and oxygen atoms in total. The van der Waals surface area contributed by atoms with Crippen molar-refractivity contribution in [3.05, 3.63) is 35.8 Å². The molecule has 3 aromatic rings. The number of likely N-dealkylation sites (tertiary alicyclic amines) is 1. The average molecular weight is 450 g/mol. The van der Waals surface area contributed by atoms with Crippen LogP contribution in [0, 0.1) is 13.8 Å². The van der Waals surface area contributed by atoms with E-state index in [4.69, 9.17) is 4.98 Å². The van der Waals surface area contributed by atoms with Crippen LogP contribution in [0.4, 0.5) is 16.0 Å². The Hall–Kier alpha value is -2.87. The van der Waals surface area contributed by atoms with Crippen molar-refractivity contribution < 1.29 is 4.39 Å². The van der Waals surface area contributed by atoms with Crippen LogP contribution < -0.4 is 5.32 Å². The molecule has 3 aromatic heterocycles. The fourth-order valence-corrected chi connectivity index (χ4v) is 4.87. The van der Waals surface area contributed by atoms with Gasteiger partial charge in [0.1, 0.15) is 6.17 Å². The number of alkyl halides is 1. The first kappa shape index (κ1) is 21.9. The van der Waals surface area contributed by atoms with Crippen molar-refractivity contribution in [2.24, 2.45) is 4.99 Å². The molecule has 33 heavy (non-hydrogen) atoms. The van der Waals surface area contributed by atoms with E-state index >= 15 is 0 Å². The van der Waals surface area contributed by atoms with Crippen molar-refractivity contribution in [3.8, 4) is 11.3 Å². The summed E-state index contributed by atoms with van der Waals surface area (Å²) in [5.74, 6) is 0.471. The summed E-state index contributed by atoms with van der Waals surface area (Å²) in [5.41, 5.74) is 6.34. The van der Waals surface area contributed by atoms with Crippen LogP contribution in [-0.2, 0) is 0 Å². The van der Waals surface area contributed by atoms with Gasteiger partial charge in [0.15, 0.2) is 0 Å². The van der Waals surface area contributed by atoms with E-state index < -0.39 is 6.17 Å². The minimum absolute atomic E-state index is 0.257. The normalized spacial score (nSPS) is 21.7. The molecule has 2 unspecified atom stereocenters. The lowest BCUT2D eigenvalue weighted by Gasteiger charge is -2.43. The van der Waals surface area contributed by atoms with E-state index in [1.165, 1.54) is 19.3 Å². The predicted molar refractivity (Wildman–Crippen MR) is 130 cm³/mol. The lowest BCUT2D eigenvalue weighted by Crippen LogP contribution is -2.53. The smallest absolute Gasteiger partial charge is 0.241 e. The summed E-state index contributed by atoms with van der Waals surface area (Å²) in [5, 5.41) is 7.90. The number of aryl methyl sites for hydroxylation is 2. The van der Waals surface area contributed by atoms with E-state index in [1.807, 2.05) is 56.6 Å². The van der Waals surface area contributed by atoms with E-state index in [0.717, 1.165) is 52.5 Å². The zero-order valence-corrected chi connectivity index (χ0v) is 19.8. The number of hydrogen-bond donors (Lipinski definition) is 1. The van der Waals surface area contributed by atoms with Gasteiger partial charge in [-0.15, -0.1) is 5.10 Å². The Morgan fingerprint density at radius 1 is 1.09 bits per heavy atom. The van der Waals surface area contributed by atoms with Crippen molar-refractivity contribution >= 4 is 22.9 Å². The number of pyridine rings is 1. The van der Waals surface area contributed by atoms with Gasteiger partial charge in [0, 0.05) is 36.6 Å². The maximum Gasteiger partial charge on any atom is 0.241 e. The molecule has 8 heteroatoms. The molecule has 0 spiro atoms. The van der Waals surface area contributed by atoms with E-state index in [1.54, 1.807) is 0 Å². The monoisotopic (exact) mass is 449 g/mol. The Kier molecular flexibility index (Phi) is 5.86. The summed E-state index contributed by atoms with van der Waals surface area (Å²) in [7, 11) is 0. The predicted octanol–water partition coefficient (Wildman–Crippen LogP) is 4.90. The maximum absolute atomic E-state index is 14.9. The lowest BCUT2D eigenvalue weighted by atomic mass is 9.89. The summed E-state index contributed by atoms with van der Waals surface area (Å²) in [4.78, 5) is 16.3. The van der Waals surface area contributed by atoms with Gasteiger partial charge in [0.05, 0.1) is 34.3 Å². The van der Waals surface area contributed by atoms with Crippen molar-refractivity contribution in [2.45, 2.75) is 71.6 Å². The molecule has 0 radical (unpaired) electrons. The quantitative estimate of drug-likeness (QED) is 0.561. The van der Waals surface area contributed by atoms with E-state index in [-0.39, 0.29) is 6.04 Å². The number of fused-ring (bicyclic) bond motifs is 1. The molecular formula is C25H32FN7. The Morgan fingerprint density at radius 2 is 1.91 bits per heavy atom. The number of aliphatic imine (C=N–C) groups is 1. The molecule has 1 saturated heterocycles. The number of anilines is 1. The second kappa shape index (κ2) is 8.82. The molecule has 1 N–H and O–H groups in total. The lowest BCUT2D eigenvalue weighted by molar-refractivity contribution is 0.0552. The third kappa shape index (κ3) is 4.36. The molecule has 2 atom stereocenters. The van der Waals surface area contributed by atoms with Gasteiger partial charge in [-0.3, -0.25) is 14.9 Å². The highest BCUT2D eigenvalue weighted by Crippen LogP contribution is 2.31. The second-order valence-electron chi connectivity index (χ2n) is 9.54. The summed E-state index contributed by atoms with van der Waals surface area (Å²) in [6.07, 6.45) is 5.46. The van der Waals surface area contributed by atoms with Crippen molar-refractivity contribution in [3.63, 3.8) is 0 Å². The molecule has 4 heterocycles. The number of halogens is 1. The Morgan fingerprint density at radius 3 is 2.58 bits per heavy atom. The van der Waals surface area contributed by atoms with E-state index in [9.17, 15) is 4.39 Å². The standard InChI is InChI=1S/C25H32FN7/c1-15(2)27-21-8-9-22(28-16(21)3)19-10-13-33-24(19)17(4)29-25(31-33)30-23-11-12-32(14-20(23)26)18-6-5-7-18/h8-10,13,18,20,23H,5-7,11-12,14H2,1-4H3,(H,30,31). The SMILES string of the molecule is CC(C)=Nc1ccc(-c2ccn3nc(NC4CCN(C5CCC5)CC4F)nc(C)c23)nc1C. The van der Waals surface area contributed by atoms with Crippen LogP contribution in [-0.4, -0.2) is 61.5 Å². The summed E-state index contributed by atoms with van der Waals surface area (Å²) < 4.78 is 16.7. The number of aromatic nitrogens is 4. The van der Waals surface area contributed by atoms with Gasteiger partial charge < -0.3 is 5.32 Å². The molecule has 1 aliphatic heterocycles. The summed E-state index contributed by atoms with van der Waals surface area (Å²) in [6.45, 7) is 9.32. The van der Waals surface area contributed by atoms with Crippen LogP contribution in [0.5, 0.6) is 0 Å². The molecule has 0 aromatic carbocycles. The van der Waals surface area contributed by atoms with Gasteiger partial charge >= 0.3 is 0 Å². The number of hydrogen-bond acceptors (Lipinski definition) is 6. The highest BCUT2D eigenvalue weighted by molar-refractivity contribution is 5.84. The first-order chi connectivity index (χ1) is 15.9. The third-order valence-electron chi connectivity index (χ3n) is 6.84. The van der Waals surface area contributed by atoms with Crippen molar-refractivity contribution in [1.82, 2.24) is 24.5 Å². The van der Waals surface area contributed by atoms with Crippen LogP contribution >= 0.6 is 0 Å². The molecular weight excluding hydrogens is 417 g/mol. The Bertz CT molecular complexity index is 1190. The maximum atomic E-state index is 14.9. The summed E-state index contributed by atoms with van der Waals surface area (Å²) >= 11 is 0. The zero-order chi connectivity index (χ0) is 23.1. The van der Waals surface area contributed by atoms with Gasteiger partial charge in [-0.05, 0) is 65.2 Å². The fourth-order valence-electron chi connectivity index (χ4n) is 4.87. The number of nitrogens with one attached hydrogen (secondary N) is 1. The molecule has 2 aliphatic rings. The third-order valence-corrected chi connectivity index (χ3v) is 6.84. The highest BCUT2D eigenvalue weighted by Gasteiger charge is 2.35. The van der Waals surface area contributed by atoms with Gasteiger partial charge in [-0.2, -0.15) is 0 Å². The molecule has 0 bridgehead atoms. The minimum atomic E-state index is -0.917. The van der Waals surface area contributed by atoms with Crippen LogP contribution in [0.15, 0.2) is 29.4 Å². The van der Waals surface area contributed by atoms with Gasteiger partial charge in [0.25, 0.3) is 0 Å². The van der Waals surface area contributed by atoms with Gasteiger partial charge in [-0.25, -0.2) is 13.9 Å². The van der Waals surface area contributed by atoms with E-state index in [0.29, 0.717) is 18.5 Å². The molecule has 1 aliphatic carbocycles. The van der Waals surface area contributed by atoms with Crippen LogP contribution in [0.25, 0.3) is 16.8 Å². The van der Waals surface area contributed by atoms with Crippen LogP contribution in [0.2, 0.25) is 0 Å². The Labute approximate surface area is 194 Å². The molecule has 0 amide bonds. The fraction of sp³-hybridized carbons (Fsp3) is 0.520. The van der Waals surface area contributed by atoms with Crippen molar-refractivity contribution in [2.75, 3.05) is 18.4 Å². The topological polar surface area (TPSA) is 70.7 Å². The van der Waals surface area contributed by atoms with Crippen LogP contribution in [0.3, 0.4) is 0 Å². The highest BCUT2D eigenvalue weighted by atomic mass is 19.1. The van der Waals surface area contributed by atoms with Crippen molar-refractivity contribution in [1.29, 1.82) is 0 Å². The first-order valence-corrected chi connectivity index (χ1v) is 11.9. The number of piperidine rings is 1. The van der Waals surface area contributed by atoms with Gasteiger partial charge in [0.2, 0.25) is 5.95 Å². The number of nitrogens with zero attached hydrogens (tertiary/aromatic N) is 6. The number of rotatable bonds is 5. The van der Waals surface area contributed by atoms with Gasteiger partial charge in [-0.1, -0.05) is 6.42 Å². The molecule has 174 valence electrons. The largest absolute Gasteiger partial charge is 0.347 e. The summed E-state index contributed by atoms with van der Waals surface area (Å²) in [6, 6.07) is 6.32. The minimum Gasteiger partial charge on any atom is -0.347 e. The average Bonchev–Trinajstić information content (AvgIpc) is 3.14. The Balaban J connectivity index is 1.36. The molecule has 1 saturated carbocycles. The first-order valence-electron chi connectivity index (χ1n) is 11.9. The zero-order valence-electron chi connectivity index (χ0n) is 19.8. The second-order valence-corrected chi connectivity index (χ2v) is 9.54.